The van der Waals surface area contributed by atoms with Crippen LogP contribution in [0.3, 0.4) is 0 Å². The lowest BCUT2D eigenvalue weighted by Gasteiger charge is -2.11. The Morgan fingerprint density at radius 1 is 0.864 bits per heavy atom. The molecule has 0 unspecified atom stereocenters. The first-order chi connectivity index (χ1) is 10.7. The molecule has 5 heteroatoms. The normalized spacial score (nSPS) is 10.2. The molecule has 0 bridgehead atoms. The second kappa shape index (κ2) is 6.13. The standard InChI is InChI=1S/C17H17N5/c1-12-11-19-17(21-14-5-3-2-4-6-14)22-16(12)20-15-9-7-13(18)8-10-15/h2-11H,18H2,1H3,(H2,19,20,21,22). The van der Waals surface area contributed by atoms with Crippen LogP contribution < -0.4 is 16.4 Å². The van der Waals surface area contributed by atoms with Gasteiger partial charge in [0, 0.05) is 28.8 Å². The number of para-hydroxylation sites is 1. The Balaban J connectivity index is 1.82. The minimum Gasteiger partial charge on any atom is -0.399 e. The maximum absolute atomic E-state index is 5.70. The number of aryl methyl sites for hydroxylation is 1. The number of nitrogens with two attached hydrogens (primary N) is 1. The number of hydrogen-bond acceptors (Lipinski definition) is 5. The predicted molar refractivity (Wildman–Crippen MR) is 90.6 cm³/mol. The molecular weight excluding hydrogens is 274 g/mol. The van der Waals surface area contributed by atoms with Gasteiger partial charge in [-0.2, -0.15) is 4.98 Å². The molecule has 0 aliphatic heterocycles. The van der Waals surface area contributed by atoms with Crippen LogP contribution >= 0.6 is 0 Å². The van der Waals surface area contributed by atoms with Crippen LogP contribution in [0.15, 0.2) is 60.8 Å². The maximum atomic E-state index is 5.70. The smallest absolute Gasteiger partial charge is 0.229 e. The van der Waals surface area contributed by atoms with Gasteiger partial charge in [0.05, 0.1) is 0 Å². The topological polar surface area (TPSA) is 75.9 Å². The number of nitrogens with zero attached hydrogens (tertiary/aromatic N) is 2. The molecule has 3 aromatic rings. The lowest BCUT2D eigenvalue weighted by molar-refractivity contribution is 1.13. The summed E-state index contributed by atoms with van der Waals surface area (Å²) >= 11 is 0. The highest BCUT2D eigenvalue weighted by atomic mass is 15.1. The highest BCUT2D eigenvalue weighted by molar-refractivity contribution is 5.63. The zero-order valence-electron chi connectivity index (χ0n) is 12.2. The van der Waals surface area contributed by atoms with Gasteiger partial charge in [0.2, 0.25) is 5.95 Å². The van der Waals surface area contributed by atoms with E-state index >= 15 is 0 Å². The highest BCUT2D eigenvalue weighted by Gasteiger charge is 2.05. The Morgan fingerprint density at radius 3 is 2.27 bits per heavy atom. The van der Waals surface area contributed by atoms with Crippen LogP contribution in [-0.4, -0.2) is 9.97 Å². The van der Waals surface area contributed by atoms with Crippen molar-refractivity contribution in [3.63, 3.8) is 0 Å². The number of nitrogen functional groups attached to an aromatic ring is 1. The molecule has 0 radical (unpaired) electrons. The van der Waals surface area contributed by atoms with Gasteiger partial charge in [0.25, 0.3) is 0 Å². The summed E-state index contributed by atoms with van der Waals surface area (Å²) in [5.74, 6) is 1.31. The molecule has 3 rings (SSSR count). The van der Waals surface area contributed by atoms with Gasteiger partial charge in [0.1, 0.15) is 5.82 Å². The van der Waals surface area contributed by atoms with Crippen LogP contribution in [0.1, 0.15) is 5.56 Å². The number of nitrogens with one attached hydrogen (secondary N) is 2. The molecule has 0 atom stereocenters. The van der Waals surface area contributed by atoms with Crippen molar-refractivity contribution >= 4 is 28.8 Å². The fraction of sp³-hybridized carbons (Fsp3) is 0.0588. The molecule has 0 aliphatic rings. The molecule has 1 heterocycles. The Labute approximate surface area is 129 Å². The number of aromatic nitrogens is 2. The van der Waals surface area contributed by atoms with Crippen molar-refractivity contribution in [2.45, 2.75) is 6.92 Å². The van der Waals surface area contributed by atoms with Gasteiger partial charge < -0.3 is 16.4 Å². The molecule has 110 valence electrons. The molecule has 0 spiro atoms. The van der Waals surface area contributed by atoms with E-state index in [1.54, 1.807) is 6.20 Å². The average molecular weight is 291 g/mol. The van der Waals surface area contributed by atoms with Gasteiger partial charge in [-0.1, -0.05) is 18.2 Å². The van der Waals surface area contributed by atoms with Crippen molar-refractivity contribution < 1.29 is 0 Å². The monoisotopic (exact) mass is 291 g/mol. The van der Waals surface area contributed by atoms with Gasteiger partial charge >= 0.3 is 0 Å². The van der Waals surface area contributed by atoms with E-state index < -0.39 is 0 Å². The van der Waals surface area contributed by atoms with Gasteiger partial charge in [-0.3, -0.25) is 0 Å². The molecule has 0 aliphatic carbocycles. The first-order valence-corrected chi connectivity index (χ1v) is 6.99. The zero-order chi connectivity index (χ0) is 15.4. The van der Waals surface area contributed by atoms with Crippen molar-refractivity contribution in [1.29, 1.82) is 0 Å². The molecule has 1 aromatic heterocycles. The van der Waals surface area contributed by atoms with E-state index in [2.05, 4.69) is 20.6 Å². The van der Waals surface area contributed by atoms with E-state index in [-0.39, 0.29) is 0 Å². The van der Waals surface area contributed by atoms with Crippen molar-refractivity contribution in [1.82, 2.24) is 9.97 Å². The van der Waals surface area contributed by atoms with Crippen molar-refractivity contribution in [2.75, 3.05) is 16.4 Å². The van der Waals surface area contributed by atoms with Crippen LogP contribution in [0.25, 0.3) is 0 Å². The Morgan fingerprint density at radius 2 is 1.55 bits per heavy atom. The number of rotatable bonds is 4. The fourth-order valence-corrected chi connectivity index (χ4v) is 1.98. The third-order valence-electron chi connectivity index (χ3n) is 3.18. The lowest BCUT2D eigenvalue weighted by Crippen LogP contribution is -2.02. The van der Waals surface area contributed by atoms with Gasteiger partial charge in [-0.15, -0.1) is 0 Å². The van der Waals surface area contributed by atoms with E-state index in [0.29, 0.717) is 5.95 Å². The summed E-state index contributed by atoms with van der Waals surface area (Å²) in [6.45, 7) is 1.96. The van der Waals surface area contributed by atoms with Crippen LogP contribution in [0.5, 0.6) is 0 Å². The fourth-order valence-electron chi connectivity index (χ4n) is 1.98. The summed E-state index contributed by atoms with van der Waals surface area (Å²) in [5.41, 5.74) is 9.28. The predicted octanol–water partition coefficient (Wildman–Crippen LogP) is 3.85. The number of anilines is 5. The summed E-state index contributed by atoms with van der Waals surface area (Å²) in [5, 5.41) is 6.46. The first-order valence-electron chi connectivity index (χ1n) is 6.99. The SMILES string of the molecule is Cc1cnc(Nc2ccccc2)nc1Nc1ccc(N)cc1. The van der Waals surface area contributed by atoms with Crippen molar-refractivity contribution in [2.24, 2.45) is 0 Å². The van der Waals surface area contributed by atoms with Crippen molar-refractivity contribution in [3.05, 3.63) is 66.4 Å². The van der Waals surface area contributed by atoms with Crippen molar-refractivity contribution in [3.8, 4) is 0 Å². The van der Waals surface area contributed by atoms with Crippen LogP contribution in [0.4, 0.5) is 28.8 Å². The van der Waals surface area contributed by atoms with E-state index in [0.717, 1.165) is 28.4 Å². The third-order valence-corrected chi connectivity index (χ3v) is 3.18. The van der Waals surface area contributed by atoms with Gasteiger partial charge in [0.15, 0.2) is 0 Å². The summed E-state index contributed by atoms with van der Waals surface area (Å²) in [4.78, 5) is 8.83. The first kappa shape index (κ1) is 13.9. The Hall–Kier alpha value is -3.08. The molecule has 0 fully saturated rings. The molecule has 0 saturated carbocycles. The number of benzene rings is 2. The van der Waals surface area contributed by atoms with Crippen LogP contribution in [-0.2, 0) is 0 Å². The van der Waals surface area contributed by atoms with E-state index in [4.69, 9.17) is 5.73 Å². The molecule has 5 nitrogen and oxygen atoms in total. The van der Waals surface area contributed by atoms with Crippen LogP contribution in [0, 0.1) is 6.92 Å². The highest BCUT2D eigenvalue weighted by Crippen LogP contribution is 2.21. The molecule has 0 saturated heterocycles. The van der Waals surface area contributed by atoms with E-state index in [1.807, 2.05) is 61.5 Å². The zero-order valence-corrected chi connectivity index (χ0v) is 12.2. The second-order valence-electron chi connectivity index (χ2n) is 4.96. The molecule has 4 N–H and O–H groups in total. The third kappa shape index (κ3) is 3.32. The summed E-state index contributed by atoms with van der Waals surface area (Å²) in [6, 6.07) is 17.4. The van der Waals surface area contributed by atoms with Gasteiger partial charge in [-0.25, -0.2) is 4.98 Å². The lowest BCUT2D eigenvalue weighted by atomic mass is 10.2. The quantitative estimate of drug-likeness (QED) is 0.636. The Kier molecular flexibility index (Phi) is 3.87. The molecule has 22 heavy (non-hydrogen) atoms. The van der Waals surface area contributed by atoms with E-state index in [9.17, 15) is 0 Å². The molecular formula is C17H17N5. The summed E-state index contributed by atoms with van der Waals surface area (Å²) in [7, 11) is 0. The largest absolute Gasteiger partial charge is 0.399 e. The second-order valence-corrected chi connectivity index (χ2v) is 4.96. The summed E-state index contributed by atoms with van der Waals surface area (Å²) in [6.07, 6.45) is 1.79. The minimum absolute atomic E-state index is 0.551. The number of hydrogen-bond donors (Lipinski definition) is 3. The average Bonchev–Trinajstić information content (AvgIpc) is 2.54. The van der Waals surface area contributed by atoms with Gasteiger partial charge in [-0.05, 0) is 43.3 Å². The molecule has 0 amide bonds. The molecule has 2 aromatic carbocycles. The van der Waals surface area contributed by atoms with E-state index in [1.165, 1.54) is 0 Å². The summed E-state index contributed by atoms with van der Waals surface area (Å²) < 4.78 is 0. The Bertz CT molecular complexity index is 754. The minimum atomic E-state index is 0.551. The van der Waals surface area contributed by atoms with Crippen LogP contribution in [0.2, 0.25) is 0 Å². The maximum Gasteiger partial charge on any atom is 0.229 e.